The first-order valence-electron chi connectivity index (χ1n) is 11.3. The van der Waals surface area contributed by atoms with Crippen LogP contribution in [0, 0.1) is 11.8 Å². The topological polar surface area (TPSA) is 38.3 Å². The van der Waals surface area contributed by atoms with Crippen LogP contribution in [0.5, 0.6) is 0 Å². The molecule has 3 atom stereocenters. The number of benzene rings is 2. The van der Waals surface area contributed by atoms with Crippen LogP contribution in [0.1, 0.15) is 79.1 Å². The molecule has 0 spiro atoms. The summed E-state index contributed by atoms with van der Waals surface area (Å²) in [6, 6.07) is 14.6. The molecular formula is C26H33NO2. The minimum atomic E-state index is -0.0337. The zero-order chi connectivity index (χ0) is 20.2. The highest BCUT2D eigenvalue weighted by Gasteiger charge is 2.45. The van der Waals surface area contributed by atoms with E-state index in [1.807, 2.05) is 12.1 Å². The summed E-state index contributed by atoms with van der Waals surface area (Å²) in [6.45, 7) is 5.19. The smallest absolute Gasteiger partial charge is 0.255 e. The molecule has 2 fully saturated rings. The number of anilines is 1. The lowest BCUT2D eigenvalue weighted by molar-refractivity contribution is 0.0437. The number of nitrogens with one attached hydrogen (secondary N) is 1. The summed E-state index contributed by atoms with van der Waals surface area (Å²) in [5.41, 5.74) is 5.35. The van der Waals surface area contributed by atoms with Crippen molar-refractivity contribution in [3.8, 4) is 0 Å². The molecular weight excluding hydrogens is 358 g/mol. The summed E-state index contributed by atoms with van der Waals surface area (Å²) < 4.78 is 6.21. The fourth-order valence-electron chi connectivity index (χ4n) is 4.68. The Hall–Kier alpha value is -2.13. The van der Waals surface area contributed by atoms with Crippen molar-refractivity contribution in [2.75, 3.05) is 11.9 Å². The normalized spacial score (nSPS) is 23.2. The molecule has 3 nitrogen and oxygen atoms in total. The summed E-state index contributed by atoms with van der Waals surface area (Å²) >= 11 is 0. The van der Waals surface area contributed by atoms with Crippen LogP contribution in [0.25, 0.3) is 0 Å². The van der Waals surface area contributed by atoms with Gasteiger partial charge in [-0.25, -0.2) is 0 Å². The highest BCUT2D eigenvalue weighted by Crippen LogP contribution is 2.53. The van der Waals surface area contributed by atoms with Crippen molar-refractivity contribution in [3.05, 3.63) is 64.7 Å². The summed E-state index contributed by atoms with van der Waals surface area (Å²) in [5.74, 6) is 1.45. The average Bonchev–Trinajstić information content (AvgIpc) is 3.50. The van der Waals surface area contributed by atoms with Crippen LogP contribution in [-0.2, 0) is 17.6 Å². The standard InChI is InChI=1S/C26H33NO2/c1-3-6-18-9-11-20(12-10-18)26(28)27-24-17-22(14-13-19(24)7-4-2)25-23-16-21(23)8-5-15-29-25/h9-14,17,21,23,25H,3-8,15-16H2,1-2H3,(H,27,28). The van der Waals surface area contributed by atoms with Crippen molar-refractivity contribution in [2.24, 2.45) is 11.8 Å². The Balaban J connectivity index is 1.55. The van der Waals surface area contributed by atoms with E-state index >= 15 is 0 Å². The Morgan fingerprint density at radius 3 is 2.62 bits per heavy atom. The number of carbonyl (C=O) groups is 1. The second-order valence-electron chi connectivity index (χ2n) is 8.66. The third-order valence-electron chi connectivity index (χ3n) is 6.37. The van der Waals surface area contributed by atoms with Crippen LogP contribution in [0.2, 0.25) is 0 Å². The lowest BCUT2D eigenvalue weighted by Gasteiger charge is -2.20. The quantitative estimate of drug-likeness (QED) is 0.599. The third-order valence-corrected chi connectivity index (χ3v) is 6.37. The van der Waals surface area contributed by atoms with Gasteiger partial charge >= 0.3 is 0 Å². The number of rotatable bonds is 7. The lowest BCUT2D eigenvalue weighted by Crippen LogP contribution is -2.15. The fourth-order valence-corrected chi connectivity index (χ4v) is 4.68. The first-order chi connectivity index (χ1) is 14.2. The van der Waals surface area contributed by atoms with Gasteiger partial charge in [0.2, 0.25) is 0 Å². The van der Waals surface area contributed by atoms with Crippen molar-refractivity contribution in [1.82, 2.24) is 0 Å². The lowest BCUT2D eigenvalue weighted by atomic mass is 9.98. The predicted octanol–water partition coefficient (Wildman–Crippen LogP) is 6.33. The number of ether oxygens (including phenoxy) is 1. The summed E-state index contributed by atoms with van der Waals surface area (Å²) in [7, 11) is 0. The molecule has 4 rings (SSSR count). The maximum Gasteiger partial charge on any atom is 0.255 e. The molecule has 0 aromatic heterocycles. The van der Waals surface area contributed by atoms with Gasteiger partial charge in [-0.05, 0) is 78.8 Å². The maximum absolute atomic E-state index is 12.9. The Morgan fingerprint density at radius 1 is 1.07 bits per heavy atom. The molecule has 2 aliphatic rings. The van der Waals surface area contributed by atoms with Crippen LogP contribution in [-0.4, -0.2) is 12.5 Å². The van der Waals surface area contributed by atoms with E-state index in [0.29, 0.717) is 11.5 Å². The number of carbonyl (C=O) groups excluding carboxylic acids is 1. The molecule has 1 amide bonds. The van der Waals surface area contributed by atoms with Gasteiger partial charge in [-0.3, -0.25) is 4.79 Å². The second kappa shape index (κ2) is 9.13. The van der Waals surface area contributed by atoms with Gasteiger partial charge < -0.3 is 10.1 Å². The molecule has 2 aromatic carbocycles. The minimum absolute atomic E-state index is 0.0337. The molecule has 1 aliphatic carbocycles. The van der Waals surface area contributed by atoms with Gasteiger partial charge in [0.1, 0.15) is 0 Å². The molecule has 1 saturated heterocycles. The second-order valence-corrected chi connectivity index (χ2v) is 8.66. The minimum Gasteiger partial charge on any atom is -0.373 e. The largest absolute Gasteiger partial charge is 0.373 e. The monoisotopic (exact) mass is 391 g/mol. The summed E-state index contributed by atoms with van der Waals surface area (Å²) in [4.78, 5) is 12.9. The van der Waals surface area contributed by atoms with Crippen LogP contribution < -0.4 is 5.32 Å². The molecule has 2 aromatic rings. The average molecular weight is 392 g/mol. The Morgan fingerprint density at radius 2 is 1.86 bits per heavy atom. The van der Waals surface area contributed by atoms with Gasteiger partial charge in [0, 0.05) is 17.9 Å². The molecule has 3 heteroatoms. The number of hydrogen-bond acceptors (Lipinski definition) is 2. The number of aryl methyl sites for hydroxylation is 2. The van der Waals surface area contributed by atoms with E-state index in [9.17, 15) is 4.79 Å². The molecule has 0 bridgehead atoms. The van der Waals surface area contributed by atoms with Gasteiger partial charge in [-0.15, -0.1) is 0 Å². The zero-order valence-corrected chi connectivity index (χ0v) is 17.7. The van der Waals surface area contributed by atoms with Crippen molar-refractivity contribution in [3.63, 3.8) is 0 Å². The third kappa shape index (κ3) is 4.72. The van der Waals surface area contributed by atoms with Crippen LogP contribution in [0.4, 0.5) is 5.69 Å². The first-order valence-corrected chi connectivity index (χ1v) is 11.3. The summed E-state index contributed by atoms with van der Waals surface area (Å²) in [5, 5.41) is 3.19. The SMILES string of the molecule is CCCc1ccc(C(=O)Nc2cc(C3OCCCC4CC43)ccc2CCC)cc1. The van der Waals surface area contributed by atoms with Gasteiger partial charge in [0.15, 0.2) is 0 Å². The van der Waals surface area contributed by atoms with E-state index in [-0.39, 0.29) is 12.0 Å². The van der Waals surface area contributed by atoms with Gasteiger partial charge in [-0.1, -0.05) is 51.0 Å². The molecule has 0 radical (unpaired) electrons. The fraction of sp³-hybridized carbons (Fsp3) is 0.500. The van der Waals surface area contributed by atoms with E-state index < -0.39 is 0 Å². The van der Waals surface area contributed by atoms with Gasteiger partial charge in [0.25, 0.3) is 5.91 Å². The van der Waals surface area contributed by atoms with E-state index in [2.05, 4.69) is 49.5 Å². The number of hydrogen-bond donors (Lipinski definition) is 1. The van der Waals surface area contributed by atoms with Crippen LogP contribution in [0.3, 0.4) is 0 Å². The highest BCUT2D eigenvalue weighted by atomic mass is 16.5. The Labute approximate surface area is 174 Å². The zero-order valence-electron chi connectivity index (χ0n) is 17.7. The van der Waals surface area contributed by atoms with Crippen molar-refractivity contribution < 1.29 is 9.53 Å². The Bertz CT molecular complexity index is 842. The van der Waals surface area contributed by atoms with Gasteiger partial charge in [0.05, 0.1) is 6.10 Å². The maximum atomic E-state index is 12.9. The van der Waals surface area contributed by atoms with E-state index in [0.717, 1.165) is 43.9 Å². The molecule has 1 N–H and O–H groups in total. The molecule has 3 unspecified atom stereocenters. The van der Waals surface area contributed by atoms with Crippen molar-refractivity contribution in [1.29, 1.82) is 0 Å². The first kappa shape index (κ1) is 20.2. The van der Waals surface area contributed by atoms with Crippen LogP contribution >= 0.6 is 0 Å². The molecule has 1 aliphatic heterocycles. The predicted molar refractivity (Wildman–Crippen MR) is 118 cm³/mol. The molecule has 154 valence electrons. The molecule has 1 heterocycles. The van der Waals surface area contributed by atoms with Crippen molar-refractivity contribution in [2.45, 2.75) is 64.9 Å². The van der Waals surface area contributed by atoms with E-state index in [1.165, 1.54) is 36.0 Å². The molecule has 29 heavy (non-hydrogen) atoms. The van der Waals surface area contributed by atoms with Gasteiger partial charge in [-0.2, -0.15) is 0 Å². The van der Waals surface area contributed by atoms with Crippen LogP contribution in [0.15, 0.2) is 42.5 Å². The van der Waals surface area contributed by atoms with Crippen molar-refractivity contribution >= 4 is 11.6 Å². The molecule has 1 saturated carbocycles. The Kier molecular flexibility index (Phi) is 6.34. The summed E-state index contributed by atoms with van der Waals surface area (Å²) in [6.07, 6.45) is 8.12. The number of fused-ring (bicyclic) bond motifs is 1. The van der Waals surface area contributed by atoms with E-state index in [4.69, 9.17) is 4.74 Å². The highest BCUT2D eigenvalue weighted by molar-refractivity contribution is 6.04. The van der Waals surface area contributed by atoms with E-state index in [1.54, 1.807) is 0 Å². The number of amides is 1.